The summed E-state index contributed by atoms with van der Waals surface area (Å²) in [6, 6.07) is 6.41. The third-order valence-corrected chi connectivity index (χ3v) is 5.29. The van der Waals surface area contributed by atoms with E-state index in [4.69, 9.17) is 24.8 Å². The van der Waals surface area contributed by atoms with Crippen LogP contribution in [-0.4, -0.2) is 46.6 Å². The van der Waals surface area contributed by atoms with Crippen LogP contribution in [0.2, 0.25) is 0 Å². The molecule has 154 valence electrons. The van der Waals surface area contributed by atoms with Crippen molar-refractivity contribution >= 4 is 37.6 Å². The molecular formula is C16H18N5O6PS. The molecule has 3 atom stereocenters. The minimum Gasteiger partial charge on any atom is -0.404 e. The van der Waals surface area contributed by atoms with E-state index in [2.05, 4.69) is 27.6 Å². The highest BCUT2D eigenvalue weighted by Crippen LogP contribution is 2.40. The molecule has 0 saturated carbocycles. The van der Waals surface area contributed by atoms with Gasteiger partial charge in [-0.3, -0.25) is 14.4 Å². The van der Waals surface area contributed by atoms with Gasteiger partial charge in [0, 0.05) is 12.8 Å². The van der Waals surface area contributed by atoms with Gasteiger partial charge in [0.15, 0.2) is 5.65 Å². The van der Waals surface area contributed by atoms with Crippen LogP contribution in [0.5, 0.6) is 5.75 Å². The van der Waals surface area contributed by atoms with E-state index in [1.165, 1.54) is 12.4 Å². The number of benzene rings is 1. The van der Waals surface area contributed by atoms with Crippen LogP contribution in [0.15, 0.2) is 35.6 Å². The van der Waals surface area contributed by atoms with Crippen molar-refractivity contribution in [1.82, 2.24) is 19.5 Å². The average Bonchev–Trinajstić information content (AvgIpc) is 3.19. The van der Waals surface area contributed by atoms with Gasteiger partial charge >= 0.3 is 7.82 Å². The van der Waals surface area contributed by atoms with Crippen LogP contribution in [0, 0.1) is 0 Å². The van der Waals surface area contributed by atoms with E-state index in [1.807, 2.05) is 0 Å². The second-order valence-corrected chi connectivity index (χ2v) is 8.14. The first kappa shape index (κ1) is 20.1. The van der Waals surface area contributed by atoms with E-state index in [9.17, 15) is 9.67 Å². The van der Waals surface area contributed by atoms with Crippen molar-refractivity contribution in [2.24, 2.45) is 0 Å². The van der Waals surface area contributed by atoms with Crippen LogP contribution in [0.1, 0.15) is 18.2 Å². The van der Waals surface area contributed by atoms with E-state index in [1.54, 1.807) is 22.8 Å². The van der Waals surface area contributed by atoms with Crippen molar-refractivity contribution < 1.29 is 28.7 Å². The second-order valence-electron chi connectivity index (χ2n) is 6.56. The Labute approximate surface area is 170 Å². The first-order valence-electron chi connectivity index (χ1n) is 8.57. The summed E-state index contributed by atoms with van der Waals surface area (Å²) in [6.07, 6.45) is -0.0390. The van der Waals surface area contributed by atoms with Gasteiger partial charge in [0.05, 0.1) is 18.5 Å². The number of imidazole rings is 1. The lowest BCUT2D eigenvalue weighted by Crippen LogP contribution is -2.23. The number of ether oxygens (including phenoxy) is 1. The number of nitrogens with two attached hydrogens (primary N) is 1. The Hall–Kier alpha value is -2.21. The van der Waals surface area contributed by atoms with Crippen molar-refractivity contribution in [3.63, 3.8) is 0 Å². The summed E-state index contributed by atoms with van der Waals surface area (Å²) in [7, 11) is -4.71. The van der Waals surface area contributed by atoms with E-state index < -0.39 is 26.3 Å². The Morgan fingerprint density at radius 3 is 2.86 bits per heavy atom. The molecule has 13 heteroatoms. The number of phosphoric ester groups is 1. The van der Waals surface area contributed by atoms with Crippen LogP contribution < -0.4 is 10.3 Å². The average molecular weight is 439 g/mol. The van der Waals surface area contributed by atoms with Crippen LogP contribution in [-0.2, 0) is 15.7 Å². The SMILES string of the molecule is Nc1nc(S)c2ncn([C@H]3C[C@H](O)[C@@H](Cc4ccccc4OP(=O)(O)O)O3)c2n1. The van der Waals surface area contributed by atoms with Crippen LogP contribution >= 0.6 is 20.5 Å². The molecule has 1 fully saturated rings. The molecule has 0 unspecified atom stereocenters. The maximum absolute atomic E-state index is 11.2. The van der Waals surface area contributed by atoms with Crippen molar-refractivity contribution in [3.8, 4) is 5.75 Å². The fraction of sp³-hybridized carbons (Fsp3) is 0.312. The summed E-state index contributed by atoms with van der Waals surface area (Å²) in [6.45, 7) is 0. The van der Waals surface area contributed by atoms with Gasteiger partial charge in [-0.1, -0.05) is 18.2 Å². The summed E-state index contributed by atoms with van der Waals surface area (Å²) >= 11 is 4.25. The number of thiol groups is 1. The molecule has 3 aromatic rings. The topological polar surface area (TPSA) is 166 Å². The first-order chi connectivity index (χ1) is 13.7. The molecule has 0 bridgehead atoms. The Bertz CT molecular complexity index is 1100. The van der Waals surface area contributed by atoms with Gasteiger partial charge in [-0.25, -0.2) is 14.5 Å². The Balaban J connectivity index is 1.57. The predicted molar refractivity (Wildman–Crippen MR) is 104 cm³/mol. The molecule has 1 aliphatic heterocycles. The number of hydrogen-bond acceptors (Lipinski definition) is 9. The molecule has 5 N–H and O–H groups in total. The fourth-order valence-electron chi connectivity index (χ4n) is 3.30. The van der Waals surface area contributed by atoms with E-state index in [0.29, 0.717) is 21.8 Å². The molecule has 0 aliphatic carbocycles. The van der Waals surface area contributed by atoms with Crippen LogP contribution in [0.3, 0.4) is 0 Å². The molecule has 4 rings (SSSR count). The van der Waals surface area contributed by atoms with Crippen molar-refractivity contribution in [2.45, 2.75) is 36.3 Å². The number of aliphatic hydroxyl groups is 1. The van der Waals surface area contributed by atoms with Gasteiger partial charge in [-0.15, -0.1) is 12.6 Å². The van der Waals surface area contributed by atoms with Gasteiger partial charge in [-0.05, 0) is 11.6 Å². The second kappa shape index (κ2) is 7.56. The molecule has 11 nitrogen and oxygen atoms in total. The quantitative estimate of drug-likeness (QED) is 0.220. The van der Waals surface area contributed by atoms with Gasteiger partial charge in [0.25, 0.3) is 0 Å². The summed E-state index contributed by atoms with van der Waals surface area (Å²) < 4.78 is 23.6. The number of fused-ring (bicyclic) bond motifs is 1. The van der Waals surface area contributed by atoms with Crippen LogP contribution in [0.25, 0.3) is 11.2 Å². The first-order valence-corrected chi connectivity index (χ1v) is 10.5. The zero-order chi connectivity index (χ0) is 20.8. The zero-order valence-electron chi connectivity index (χ0n) is 14.9. The molecular weight excluding hydrogens is 421 g/mol. The minimum atomic E-state index is -4.71. The van der Waals surface area contributed by atoms with Gasteiger partial charge < -0.3 is 20.1 Å². The Kier molecular flexibility index (Phi) is 5.23. The number of aliphatic hydroxyl groups excluding tert-OH is 1. The standard InChI is InChI=1S/C16H18N5O6PS/c17-16-19-14-13(15(29)20-16)18-7-21(14)12-6-9(22)11(26-12)5-8-3-1-2-4-10(8)27-28(23,24)25/h1-4,7,9,11-12,22H,5-6H2,(H2,23,24,25)(H3,17,19,20,29)/t9-,11+,12+/m0/s1. The highest BCUT2D eigenvalue weighted by Gasteiger charge is 2.36. The monoisotopic (exact) mass is 439 g/mol. The maximum atomic E-state index is 11.2. The lowest BCUT2D eigenvalue weighted by Gasteiger charge is -2.18. The van der Waals surface area contributed by atoms with E-state index >= 15 is 0 Å². The molecule has 0 amide bonds. The zero-order valence-corrected chi connectivity index (χ0v) is 16.6. The molecule has 2 aromatic heterocycles. The van der Waals surface area contributed by atoms with Crippen molar-refractivity contribution in [2.75, 3.05) is 5.73 Å². The highest BCUT2D eigenvalue weighted by molar-refractivity contribution is 7.80. The predicted octanol–water partition coefficient (Wildman–Crippen LogP) is 1.06. The molecule has 3 heterocycles. The lowest BCUT2D eigenvalue weighted by atomic mass is 10.0. The number of nitrogen functional groups attached to an aromatic ring is 1. The Morgan fingerprint density at radius 1 is 1.34 bits per heavy atom. The van der Waals surface area contributed by atoms with Gasteiger partial charge in [0.2, 0.25) is 5.95 Å². The molecule has 1 aliphatic rings. The molecule has 0 spiro atoms. The van der Waals surface area contributed by atoms with E-state index in [-0.39, 0.29) is 24.5 Å². The maximum Gasteiger partial charge on any atom is 0.524 e. The number of para-hydroxylation sites is 1. The smallest absolute Gasteiger partial charge is 0.404 e. The largest absolute Gasteiger partial charge is 0.524 e. The number of hydrogen-bond donors (Lipinski definition) is 5. The van der Waals surface area contributed by atoms with Gasteiger partial charge in [-0.2, -0.15) is 4.98 Å². The van der Waals surface area contributed by atoms with Crippen molar-refractivity contribution in [1.29, 1.82) is 0 Å². The highest BCUT2D eigenvalue weighted by atomic mass is 32.1. The molecule has 1 saturated heterocycles. The number of phosphoric acid groups is 1. The Morgan fingerprint density at radius 2 is 2.10 bits per heavy atom. The summed E-state index contributed by atoms with van der Waals surface area (Å²) in [5, 5.41) is 10.8. The van der Waals surface area contributed by atoms with Crippen molar-refractivity contribution in [3.05, 3.63) is 36.2 Å². The number of nitrogens with zero attached hydrogens (tertiary/aromatic N) is 4. The van der Waals surface area contributed by atoms with Gasteiger partial charge in [0.1, 0.15) is 22.5 Å². The summed E-state index contributed by atoms with van der Waals surface area (Å²) in [5.41, 5.74) is 7.09. The normalized spacial score (nSPS) is 22.3. The molecule has 0 radical (unpaired) electrons. The third kappa shape index (κ3) is 4.22. The summed E-state index contributed by atoms with van der Waals surface area (Å²) in [5.74, 6) is 0.0799. The fourth-order valence-corrected chi connectivity index (χ4v) is 4.00. The van der Waals surface area contributed by atoms with E-state index in [0.717, 1.165) is 0 Å². The molecule has 1 aromatic carbocycles. The lowest BCUT2D eigenvalue weighted by molar-refractivity contribution is -0.0163. The number of anilines is 1. The summed E-state index contributed by atoms with van der Waals surface area (Å²) in [4.78, 5) is 30.5. The van der Waals surface area contributed by atoms with Crippen LogP contribution in [0.4, 0.5) is 5.95 Å². The third-order valence-electron chi connectivity index (χ3n) is 4.55. The number of rotatable bonds is 5. The molecule has 29 heavy (non-hydrogen) atoms. The number of aromatic nitrogens is 4. The minimum absolute atomic E-state index is 0.0356.